The number of methoxy groups -OCH3 is 1. The summed E-state index contributed by atoms with van der Waals surface area (Å²) in [5, 5.41) is 0. The molecule has 0 aromatic carbocycles. The van der Waals surface area contributed by atoms with E-state index in [9.17, 15) is 9.59 Å². The summed E-state index contributed by atoms with van der Waals surface area (Å²) in [5.41, 5.74) is 0. The minimum Gasteiger partial charge on any atom is -0.374 e. The van der Waals surface area contributed by atoms with Gasteiger partial charge in [-0.25, -0.2) is 0 Å². The third-order valence-electron chi connectivity index (χ3n) is 2.40. The van der Waals surface area contributed by atoms with Gasteiger partial charge in [0.25, 0.3) is 0 Å². The summed E-state index contributed by atoms with van der Waals surface area (Å²) >= 11 is 0. The second-order valence-electron chi connectivity index (χ2n) is 3.19. The average Bonchev–Trinajstić information content (AvgIpc) is 2.48. The molecule has 0 saturated heterocycles. The molecular formula is C9H14O3. The zero-order valence-corrected chi connectivity index (χ0v) is 7.50. The highest BCUT2D eigenvalue weighted by molar-refractivity contribution is 6.05. The van der Waals surface area contributed by atoms with E-state index in [-0.39, 0.29) is 17.5 Å². The molecule has 3 heteroatoms. The van der Waals surface area contributed by atoms with Gasteiger partial charge in [-0.15, -0.1) is 0 Å². The lowest BCUT2D eigenvalue weighted by molar-refractivity contribution is -0.137. The lowest BCUT2D eigenvalue weighted by atomic mass is 9.98. The Kier molecular flexibility index (Phi) is 2.98. The monoisotopic (exact) mass is 170 g/mol. The lowest BCUT2D eigenvalue weighted by Gasteiger charge is -2.11. The Bertz CT molecular complexity index is 198. The molecule has 1 saturated carbocycles. The van der Waals surface area contributed by atoms with Crippen LogP contribution in [-0.2, 0) is 14.3 Å². The Balaban J connectivity index is 2.57. The van der Waals surface area contributed by atoms with Crippen LogP contribution in [0.2, 0.25) is 0 Å². The quantitative estimate of drug-likeness (QED) is 0.592. The van der Waals surface area contributed by atoms with Crippen LogP contribution in [0.25, 0.3) is 0 Å². The Morgan fingerprint density at radius 3 is 2.75 bits per heavy atom. The van der Waals surface area contributed by atoms with Gasteiger partial charge < -0.3 is 4.74 Å². The molecule has 68 valence electrons. The van der Waals surface area contributed by atoms with Gasteiger partial charge in [0, 0.05) is 13.5 Å². The highest BCUT2D eigenvalue weighted by atomic mass is 16.5. The van der Waals surface area contributed by atoms with Crippen LogP contribution in [0, 0.1) is 5.92 Å². The van der Waals surface area contributed by atoms with Crippen molar-refractivity contribution >= 4 is 11.6 Å². The summed E-state index contributed by atoms with van der Waals surface area (Å²) in [7, 11) is 1.49. The van der Waals surface area contributed by atoms with Crippen molar-refractivity contribution in [1.82, 2.24) is 0 Å². The van der Waals surface area contributed by atoms with Crippen LogP contribution < -0.4 is 0 Å². The van der Waals surface area contributed by atoms with Crippen LogP contribution in [-0.4, -0.2) is 24.8 Å². The van der Waals surface area contributed by atoms with Crippen molar-refractivity contribution in [2.75, 3.05) is 7.11 Å². The van der Waals surface area contributed by atoms with Gasteiger partial charge >= 0.3 is 0 Å². The van der Waals surface area contributed by atoms with Crippen molar-refractivity contribution in [1.29, 1.82) is 0 Å². The molecular weight excluding hydrogens is 156 g/mol. The normalized spacial score (nSPS) is 25.8. The summed E-state index contributed by atoms with van der Waals surface area (Å²) < 4.78 is 4.87. The van der Waals surface area contributed by atoms with Gasteiger partial charge in [0.1, 0.15) is 11.9 Å². The molecule has 0 aliphatic heterocycles. The molecule has 0 aromatic heterocycles. The summed E-state index contributed by atoms with van der Waals surface area (Å²) in [4.78, 5) is 22.6. The van der Waals surface area contributed by atoms with E-state index in [1.54, 1.807) is 6.92 Å². The smallest absolute Gasteiger partial charge is 0.171 e. The second-order valence-corrected chi connectivity index (χ2v) is 3.19. The molecule has 1 fully saturated rings. The number of hydrogen-bond donors (Lipinski definition) is 0. The highest BCUT2D eigenvalue weighted by Gasteiger charge is 2.33. The van der Waals surface area contributed by atoms with Crippen molar-refractivity contribution < 1.29 is 14.3 Å². The van der Waals surface area contributed by atoms with E-state index >= 15 is 0 Å². The molecule has 0 heterocycles. The first-order valence-electron chi connectivity index (χ1n) is 4.26. The van der Waals surface area contributed by atoms with Crippen LogP contribution in [0.15, 0.2) is 0 Å². The van der Waals surface area contributed by atoms with Gasteiger partial charge in [0.15, 0.2) is 5.78 Å². The van der Waals surface area contributed by atoms with E-state index in [2.05, 4.69) is 0 Å². The Hall–Kier alpha value is -0.700. The fraction of sp³-hybridized carbons (Fsp3) is 0.778. The van der Waals surface area contributed by atoms with Gasteiger partial charge in [-0.05, 0) is 19.8 Å². The third-order valence-corrected chi connectivity index (χ3v) is 2.40. The second kappa shape index (κ2) is 3.81. The topological polar surface area (TPSA) is 43.4 Å². The summed E-state index contributed by atoms with van der Waals surface area (Å²) in [6.45, 7) is 1.69. The SMILES string of the molecule is COC(C)C(=O)C1CCCC1=O. The average molecular weight is 170 g/mol. The molecule has 2 unspecified atom stereocenters. The summed E-state index contributed by atoms with van der Waals surface area (Å²) in [6, 6.07) is 0. The molecule has 1 aliphatic rings. The number of Topliss-reactive ketones (excluding diaryl/α,β-unsaturated/α-hetero) is 2. The molecule has 0 spiro atoms. The van der Waals surface area contributed by atoms with E-state index in [4.69, 9.17) is 4.74 Å². The zero-order chi connectivity index (χ0) is 9.14. The summed E-state index contributed by atoms with van der Waals surface area (Å²) in [6.07, 6.45) is 1.70. The van der Waals surface area contributed by atoms with Crippen molar-refractivity contribution in [3.63, 3.8) is 0 Å². The van der Waals surface area contributed by atoms with Crippen LogP contribution in [0.4, 0.5) is 0 Å². The number of ketones is 2. The van der Waals surface area contributed by atoms with Crippen molar-refractivity contribution in [3.05, 3.63) is 0 Å². The molecule has 0 amide bonds. The molecule has 2 atom stereocenters. The van der Waals surface area contributed by atoms with Crippen LogP contribution in [0.1, 0.15) is 26.2 Å². The molecule has 0 radical (unpaired) electrons. The first kappa shape index (κ1) is 9.39. The van der Waals surface area contributed by atoms with Gasteiger partial charge in [0.05, 0.1) is 5.92 Å². The fourth-order valence-corrected chi connectivity index (χ4v) is 1.52. The minimum absolute atomic E-state index is 0.0556. The molecule has 0 N–H and O–H groups in total. The Morgan fingerprint density at radius 2 is 2.33 bits per heavy atom. The number of rotatable bonds is 3. The van der Waals surface area contributed by atoms with Crippen LogP contribution in [0.5, 0.6) is 0 Å². The van der Waals surface area contributed by atoms with E-state index in [1.807, 2.05) is 0 Å². The predicted molar refractivity (Wildman–Crippen MR) is 43.8 cm³/mol. The fourth-order valence-electron chi connectivity index (χ4n) is 1.52. The molecule has 3 nitrogen and oxygen atoms in total. The molecule has 1 rings (SSSR count). The van der Waals surface area contributed by atoms with E-state index in [0.717, 1.165) is 6.42 Å². The summed E-state index contributed by atoms with van der Waals surface area (Å²) in [5.74, 6) is -0.344. The molecule has 0 aromatic rings. The lowest BCUT2D eigenvalue weighted by Crippen LogP contribution is -2.29. The first-order chi connectivity index (χ1) is 5.66. The third kappa shape index (κ3) is 1.72. The van der Waals surface area contributed by atoms with E-state index in [1.165, 1.54) is 7.11 Å². The van der Waals surface area contributed by atoms with Gasteiger partial charge in [0.2, 0.25) is 0 Å². The highest BCUT2D eigenvalue weighted by Crippen LogP contribution is 2.23. The Morgan fingerprint density at radius 1 is 1.67 bits per heavy atom. The van der Waals surface area contributed by atoms with Crippen molar-refractivity contribution in [2.24, 2.45) is 5.92 Å². The van der Waals surface area contributed by atoms with Gasteiger partial charge in [-0.2, -0.15) is 0 Å². The first-order valence-corrected chi connectivity index (χ1v) is 4.26. The minimum atomic E-state index is -0.433. The zero-order valence-electron chi connectivity index (χ0n) is 7.50. The number of carbonyl (C=O) groups excluding carboxylic acids is 2. The number of ether oxygens (including phenoxy) is 1. The number of carbonyl (C=O) groups is 2. The van der Waals surface area contributed by atoms with E-state index < -0.39 is 6.10 Å². The largest absolute Gasteiger partial charge is 0.374 e. The standard InChI is InChI=1S/C9H14O3/c1-6(12-2)9(11)7-4-3-5-8(7)10/h6-7H,3-5H2,1-2H3. The predicted octanol–water partition coefficient (Wildman–Crippen LogP) is 0.960. The van der Waals surface area contributed by atoms with Crippen molar-refractivity contribution in [3.8, 4) is 0 Å². The molecule has 1 aliphatic carbocycles. The van der Waals surface area contributed by atoms with Crippen molar-refractivity contribution in [2.45, 2.75) is 32.3 Å². The maximum atomic E-state index is 11.4. The van der Waals surface area contributed by atoms with Crippen LogP contribution in [0.3, 0.4) is 0 Å². The molecule has 12 heavy (non-hydrogen) atoms. The number of hydrogen-bond acceptors (Lipinski definition) is 3. The maximum absolute atomic E-state index is 11.4. The van der Waals surface area contributed by atoms with Crippen LogP contribution >= 0.6 is 0 Å². The van der Waals surface area contributed by atoms with Gasteiger partial charge in [-0.1, -0.05) is 0 Å². The van der Waals surface area contributed by atoms with E-state index in [0.29, 0.717) is 12.8 Å². The Labute approximate surface area is 72.1 Å². The van der Waals surface area contributed by atoms with Gasteiger partial charge in [-0.3, -0.25) is 9.59 Å². The maximum Gasteiger partial charge on any atom is 0.171 e. The molecule has 0 bridgehead atoms.